The van der Waals surface area contributed by atoms with Crippen molar-refractivity contribution in [2.75, 3.05) is 6.54 Å². The van der Waals surface area contributed by atoms with Gasteiger partial charge in [-0.1, -0.05) is 47.5 Å². The van der Waals surface area contributed by atoms with Gasteiger partial charge in [-0.25, -0.2) is 0 Å². The first-order valence-corrected chi connectivity index (χ1v) is 7.82. The number of hydrogen-bond acceptors (Lipinski definition) is 1. The predicted octanol–water partition coefficient (Wildman–Crippen LogP) is 3.17. The Kier molecular flexibility index (Phi) is 5.47. The first kappa shape index (κ1) is 13.7. The molecule has 0 bridgehead atoms. The molecule has 0 heterocycles. The van der Waals surface area contributed by atoms with Crippen molar-refractivity contribution in [2.45, 2.75) is 58.2 Å². The lowest BCUT2D eigenvalue weighted by Gasteiger charge is -2.38. The monoisotopic (exact) mass is 211 g/mol. The Morgan fingerprint density at radius 1 is 0.929 bits per heavy atom. The number of hydrogen-bond donors (Lipinski definition) is 1. The molecule has 0 aliphatic carbocycles. The third-order valence-electron chi connectivity index (χ3n) is 3.27. The van der Waals surface area contributed by atoms with Gasteiger partial charge in [0.2, 0.25) is 0 Å². The lowest BCUT2D eigenvalue weighted by Crippen LogP contribution is -2.43. The second-order valence-corrected chi connectivity index (χ2v) is 10.5. The Balaban J connectivity index is 5.16. The van der Waals surface area contributed by atoms with Crippen LogP contribution < -0.4 is 5.73 Å². The Hall–Kier alpha value is -0.263. The maximum absolute atomic E-state index is 5.48. The summed E-state index contributed by atoms with van der Waals surface area (Å²) in [5.41, 5.74) is 11.2. The van der Waals surface area contributed by atoms with Crippen molar-refractivity contribution in [3.63, 3.8) is 0 Å². The molecule has 0 amide bonds. The summed E-state index contributed by atoms with van der Waals surface area (Å²) in [4.78, 5) is 0. The molecule has 0 spiro atoms. The molecule has 0 fully saturated rings. The average molecular weight is 211 g/mol. The van der Waals surface area contributed by atoms with E-state index in [0.29, 0.717) is 23.2 Å². The molecule has 2 N–H and O–H groups in total. The summed E-state index contributed by atoms with van der Waals surface area (Å²) in [7, 11) is -1.49. The minimum Gasteiger partial charge on any atom is -0.320 e. The molecule has 0 saturated carbocycles. The van der Waals surface area contributed by atoms with Gasteiger partial charge in [0, 0.05) is 0 Å². The maximum atomic E-state index is 5.48. The van der Waals surface area contributed by atoms with E-state index in [2.05, 4.69) is 53.0 Å². The molecule has 0 rings (SSSR count). The molecule has 0 unspecified atom stereocenters. The van der Waals surface area contributed by atoms with Crippen LogP contribution in [-0.4, -0.2) is 14.6 Å². The van der Waals surface area contributed by atoms with Gasteiger partial charge in [-0.3, -0.25) is 0 Å². The summed E-state index contributed by atoms with van der Waals surface area (Å²) in [6, 6.07) is 0. The normalized spacial score (nSPS) is 12.1. The highest BCUT2D eigenvalue weighted by Gasteiger charge is 2.41. The SMILES string of the molecule is CC(C)[Si](C#CCN)(C(C)C)C(C)C. The van der Waals surface area contributed by atoms with E-state index in [9.17, 15) is 0 Å². The van der Waals surface area contributed by atoms with Crippen molar-refractivity contribution in [3.8, 4) is 11.5 Å². The van der Waals surface area contributed by atoms with Crippen molar-refractivity contribution in [2.24, 2.45) is 5.73 Å². The Bertz CT molecular complexity index is 198. The zero-order valence-corrected chi connectivity index (χ0v) is 11.5. The molecule has 0 radical (unpaired) electrons. The highest BCUT2D eigenvalue weighted by Crippen LogP contribution is 2.40. The first-order chi connectivity index (χ1) is 6.39. The topological polar surface area (TPSA) is 26.0 Å². The van der Waals surface area contributed by atoms with Crippen LogP contribution in [0.25, 0.3) is 0 Å². The molecule has 82 valence electrons. The van der Waals surface area contributed by atoms with E-state index >= 15 is 0 Å². The third-order valence-corrected chi connectivity index (χ3v) is 9.61. The summed E-state index contributed by atoms with van der Waals surface area (Å²) in [6.45, 7) is 14.4. The minimum atomic E-state index is -1.49. The van der Waals surface area contributed by atoms with Crippen molar-refractivity contribution < 1.29 is 0 Å². The van der Waals surface area contributed by atoms with E-state index in [1.807, 2.05) is 0 Å². The van der Waals surface area contributed by atoms with E-state index in [1.54, 1.807) is 0 Å². The van der Waals surface area contributed by atoms with Crippen LogP contribution in [0.3, 0.4) is 0 Å². The molecule has 0 aromatic heterocycles. The third kappa shape index (κ3) is 2.62. The van der Waals surface area contributed by atoms with Crippen molar-refractivity contribution in [1.29, 1.82) is 0 Å². The molecule has 0 saturated heterocycles. The molecule has 0 atom stereocenters. The van der Waals surface area contributed by atoms with Crippen LogP contribution in [0.15, 0.2) is 0 Å². The second-order valence-electron chi connectivity index (χ2n) is 4.90. The molecular formula is C12H25NSi. The molecular weight excluding hydrogens is 186 g/mol. The van der Waals surface area contributed by atoms with Crippen LogP contribution in [0.5, 0.6) is 0 Å². The summed E-state index contributed by atoms with van der Waals surface area (Å²) in [5, 5.41) is 0. The van der Waals surface area contributed by atoms with Gasteiger partial charge >= 0.3 is 0 Å². The summed E-state index contributed by atoms with van der Waals surface area (Å²) >= 11 is 0. The number of nitrogens with two attached hydrogens (primary N) is 1. The van der Waals surface area contributed by atoms with Crippen LogP contribution >= 0.6 is 0 Å². The van der Waals surface area contributed by atoms with Gasteiger partial charge in [0.05, 0.1) is 6.54 Å². The quantitative estimate of drug-likeness (QED) is 0.563. The predicted molar refractivity (Wildman–Crippen MR) is 67.9 cm³/mol. The maximum Gasteiger partial charge on any atom is 0.146 e. The zero-order valence-electron chi connectivity index (χ0n) is 10.5. The van der Waals surface area contributed by atoms with Gasteiger partial charge in [-0.05, 0) is 16.6 Å². The van der Waals surface area contributed by atoms with E-state index in [1.165, 1.54) is 0 Å². The second kappa shape index (κ2) is 5.58. The van der Waals surface area contributed by atoms with Crippen molar-refractivity contribution in [3.05, 3.63) is 0 Å². The van der Waals surface area contributed by atoms with Crippen LogP contribution in [0.2, 0.25) is 16.6 Å². The highest BCUT2D eigenvalue weighted by molar-refractivity contribution is 6.90. The lowest BCUT2D eigenvalue weighted by molar-refractivity contribution is 0.838. The average Bonchev–Trinajstić information content (AvgIpc) is 2.03. The van der Waals surface area contributed by atoms with Gasteiger partial charge in [0.15, 0.2) is 0 Å². The largest absolute Gasteiger partial charge is 0.320 e. The summed E-state index contributed by atoms with van der Waals surface area (Å²) in [6.07, 6.45) is 0. The first-order valence-electron chi connectivity index (χ1n) is 5.59. The van der Waals surface area contributed by atoms with Gasteiger partial charge in [0.1, 0.15) is 8.07 Å². The van der Waals surface area contributed by atoms with E-state index in [-0.39, 0.29) is 0 Å². The van der Waals surface area contributed by atoms with Gasteiger partial charge in [0.25, 0.3) is 0 Å². The smallest absolute Gasteiger partial charge is 0.146 e. The van der Waals surface area contributed by atoms with E-state index in [4.69, 9.17) is 5.73 Å². The van der Waals surface area contributed by atoms with Crippen molar-refractivity contribution in [1.82, 2.24) is 0 Å². The number of rotatable bonds is 3. The van der Waals surface area contributed by atoms with Crippen LogP contribution in [0, 0.1) is 11.5 Å². The minimum absolute atomic E-state index is 0.501. The highest BCUT2D eigenvalue weighted by atomic mass is 28.3. The molecule has 2 heteroatoms. The fourth-order valence-corrected chi connectivity index (χ4v) is 7.91. The van der Waals surface area contributed by atoms with Gasteiger partial charge < -0.3 is 5.73 Å². The standard InChI is InChI=1S/C12H25NSi/c1-10(2)14(11(3)4,12(5)6)9-7-8-13/h10-12H,8,13H2,1-6H3. The zero-order chi connectivity index (χ0) is 11.4. The molecule has 0 aromatic carbocycles. The van der Waals surface area contributed by atoms with Crippen LogP contribution in [0.1, 0.15) is 41.5 Å². The Morgan fingerprint density at radius 3 is 1.50 bits per heavy atom. The van der Waals surface area contributed by atoms with Crippen LogP contribution in [0.4, 0.5) is 0 Å². The van der Waals surface area contributed by atoms with Gasteiger partial charge in [-0.15, -0.1) is 5.54 Å². The van der Waals surface area contributed by atoms with Crippen molar-refractivity contribution >= 4 is 8.07 Å². The molecule has 14 heavy (non-hydrogen) atoms. The molecule has 1 nitrogen and oxygen atoms in total. The van der Waals surface area contributed by atoms with Gasteiger partial charge in [-0.2, -0.15) is 0 Å². The summed E-state index contributed by atoms with van der Waals surface area (Å²) in [5.74, 6) is 3.12. The Labute approximate surface area is 90.5 Å². The van der Waals surface area contributed by atoms with E-state index < -0.39 is 8.07 Å². The fourth-order valence-electron chi connectivity index (χ4n) is 2.64. The summed E-state index contributed by atoms with van der Waals surface area (Å²) < 4.78 is 0. The molecule has 0 aromatic rings. The Morgan fingerprint density at radius 2 is 1.29 bits per heavy atom. The molecule has 0 aliphatic rings. The fraction of sp³-hybridized carbons (Fsp3) is 0.833. The van der Waals surface area contributed by atoms with Crippen LogP contribution in [-0.2, 0) is 0 Å². The molecule has 0 aliphatic heterocycles. The van der Waals surface area contributed by atoms with E-state index in [0.717, 1.165) is 0 Å². The lowest BCUT2D eigenvalue weighted by atomic mass is 10.5.